The molecule has 0 saturated heterocycles. The van der Waals surface area contributed by atoms with Gasteiger partial charge in [0.2, 0.25) is 9.84 Å². The van der Waals surface area contributed by atoms with Crippen LogP contribution in [0, 0.1) is 11.3 Å². The molecule has 3 aromatic heterocycles. The maximum Gasteiger partial charge on any atom is 0.206 e. The van der Waals surface area contributed by atoms with E-state index in [1.54, 1.807) is 12.1 Å². The highest BCUT2D eigenvalue weighted by Crippen LogP contribution is 2.44. The zero-order valence-electron chi connectivity index (χ0n) is 29.8. The van der Waals surface area contributed by atoms with Crippen molar-refractivity contribution in [1.29, 1.82) is 5.26 Å². The normalized spacial score (nSPS) is 12.1. The van der Waals surface area contributed by atoms with Crippen LogP contribution in [0.15, 0.2) is 192 Å². The Labute approximate surface area is 321 Å². The molecule has 0 spiro atoms. The number of hydrogen-bond donors (Lipinski definition) is 0. The van der Waals surface area contributed by atoms with Gasteiger partial charge in [-0.1, -0.05) is 78.9 Å². The third-order valence-electron chi connectivity index (χ3n) is 11.1. The van der Waals surface area contributed by atoms with E-state index in [0.717, 1.165) is 77.1 Å². The lowest BCUT2D eigenvalue weighted by molar-refractivity contribution is 0.596. The van der Waals surface area contributed by atoms with E-state index in [1.807, 2.05) is 24.3 Å². The zero-order valence-corrected chi connectivity index (χ0v) is 30.7. The Hall–Kier alpha value is -7.40. The summed E-state index contributed by atoms with van der Waals surface area (Å²) in [7, 11) is -3.82. The van der Waals surface area contributed by atoms with E-state index in [9.17, 15) is 13.7 Å². The van der Waals surface area contributed by atoms with Gasteiger partial charge >= 0.3 is 0 Å². The van der Waals surface area contributed by atoms with Crippen molar-refractivity contribution in [1.82, 2.24) is 13.7 Å². The van der Waals surface area contributed by atoms with Crippen LogP contribution >= 0.6 is 0 Å². The number of rotatable bonds is 5. The van der Waals surface area contributed by atoms with Gasteiger partial charge in [-0.05, 0) is 103 Å². The van der Waals surface area contributed by atoms with Gasteiger partial charge in [0.25, 0.3) is 0 Å². The van der Waals surface area contributed by atoms with E-state index in [2.05, 4.69) is 141 Å². The summed E-state index contributed by atoms with van der Waals surface area (Å²) in [6.07, 6.45) is 0. The van der Waals surface area contributed by atoms with Crippen molar-refractivity contribution in [3.63, 3.8) is 0 Å². The zero-order chi connectivity index (χ0) is 37.5. The molecule has 264 valence electrons. The van der Waals surface area contributed by atoms with Crippen molar-refractivity contribution < 1.29 is 8.42 Å². The van der Waals surface area contributed by atoms with Gasteiger partial charge < -0.3 is 13.7 Å². The lowest BCUT2D eigenvalue weighted by Crippen LogP contribution is -2.03. The fourth-order valence-corrected chi connectivity index (χ4v) is 9.88. The summed E-state index contributed by atoms with van der Waals surface area (Å²) in [5, 5.41) is 16.1. The third kappa shape index (κ3) is 4.57. The lowest BCUT2D eigenvalue weighted by atomic mass is 10.1. The maximum absolute atomic E-state index is 13.8. The van der Waals surface area contributed by atoms with E-state index in [4.69, 9.17) is 0 Å². The minimum Gasteiger partial charge on any atom is -0.309 e. The number of nitrogens with zero attached hydrogens (tertiary/aromatic N) is 4. The summed E-state index contributed by atoms with van der Waals surface area (Å²) in [5.41, 5.74) is 9.91. The van der Waals surface area contributed by atoms with E-state index >= 15 is 0 Å². The first kappa shape index (κ1) is 32.1. The summed E-state index contributed by atoms with van der Waals surface area (Å²) in [5.74, 6) is 0. The van der Waals surface area contributed by atoms with Crippen LogP contribution in [0.1, 0.15) is 5.56 Å². The Morgan fingerprint density at radius 2 is 0.875 bits per heavy atom. The Kier molecular flexibility index (Phi) is 6.90. The number of hydrogen-bond acceptors (Lipinski definition) is 3. The van der Waals surface area contributed by atoms with Gasteiger partial charge in [0.1, 0.15) is 0 Å². The minimum atomic E-state index is -3.82. The average molecular weight is 739 g/mol. The van der Waals surface area contributed by atoms with Crippen LogP contribution in [-0.2, 0) is 9.84 Å². The van der Waals surface area contributed by atoms with Crippen LogP contribution in [0.5, 0.6) is 0 Å². The predicted octanol–water partition coefficient (Wildman–Crippen LogP) is 11.7. The Morgan fingerprint density at radius 3 is 1.52 bits per heavy atom. The average Bonchev–Trinajstić information content (AvgIpc) is 3.88. The van der Waals surface area contributed by atoms with Crippen LogP contribution in [0.3, 0.4) is 0 Å². The van der Waals surface area contributed by atoms with Crippen LogP contribution in [0.2, 0.25) is 0 Å². The van der Waals surface area contributed by atoms with Crippen molar-refractivity contribution in [3.8, 4) is 23.1 Å². The molecular formula is C49H30N4O2S. The molecule has 0 bridgehead atoms. The molecule has 6 nitrogen and oxygen atoms in total. The molecule has 0 aliphatic carbocycles. The third-order valence-corrected chi connectivity index (χ3v) is 12.9. The molecule has 0 radical (unpaired) electrons. The lowest BCUT2D eigenvalue weighted by Gasteiger charge is -2.11. The highest BCUT2D eigenvalue weighted by Gasteiger charge is 2.24. The predicted molar refractivity (Wildman–Crippen MR) is 226 cm³/mol. The standard InChI is InChI=1S/C49H30N4O2S/c50-31-32-19-23-36(24-20-32)56(54,55)37-25-21-35(22-26-37)52-45-28-27-40-38-15-7-10-18-44(38)53(34-13-5-2-6-14-34)49(40)48(45)42-30-46-41(29-47(42)52)39-16-8-9-17-43(39)51(46)33-11-3-1-4-12-33/h1-30H. The number of benzene rings is 8. The van der Waals surface area contributed by atoms with E-state index in [-0.39, 0.29) is 9.79 Å². The minimum absolute atomic E-state index is 0.148. The number of aromatic nitrogens is 3. The summed E-state index contributed by atoms with van der Waals surface area (Å²) in [4.78, 5) is 0.334. The smallest absolute Gasteiger partial charge is 0.206 e. The highest BCUT2D eigenvalue weighted by atomic mass is 32.2. The maximum atomic E-state index is 13.8. The monoisotopic (exact) mass is 738 g/mol. The van der Waals surface area contributed by atoms with Crippen LogP contribution < -0.4 is 0 Å². The van der Waals surface area contributed by atoms with Gasteiger partial charge in [-0.3, -0.25) is 0 Å². The Bertz CT molecular complexity index is 3520. The van der Waals surface area contributed by atoms with Crippen molar-refractivity contribution in [2.24, 2.45) is 0 Å². The van der Waals surface area contributed by atoms with Gasteiger partial charge in [-0.25, -0.2) is 8.42 Å². The molecule has 11 rings (SSSR count). The molecule has 0 saturated carbocycles. The van der Waals surface area contributed by atoms with Gasteiger partial charge in [0, 0.05) is 49.4 Å². The van der Waals surface area contributed by atoms with Crippen LogP contribution in [-0.4, -0.2) is 22.1 Å². The highest BCUT2D eigenvalue weighted by molar-refractivity contribution is 7.91. The van der Waals surface area contributed by atoms with Gasteiger partial charge in [0.05, 0.1) is 54.5 Å². The second-order valence-corrected chi connectivity index (χ2v) is 16.0. The molecule has 56 heavy (non-hydrogen) atoms. The second-order valence-electron chi connectivity index (χ2n) is 14.1. The molecule has 0 aliphatic heterocycles. The van der Waals surface area contributed by atoms with E-state index in [1.165, 1.54) is 29.7 Å². The molecule has 0 amide bonds. The first-order valence-corrected chi connectivity index (χ1v) is 19.9. The molecule has 8 aromatic carbocycles. The van der Waals surface area contributed by atoms with E-state index < -0.39 is 9.84 Å². The second kappa shape index (κ2) is 12.1. The largest absolute Gasteiger partial charge is 0.309 e. The summed E-state index contributed by atoms with van der Waals surface area (Å²) < 4.78 is 34.5. The molecule has 0 atom stereocenters. The van der Waals surface area contributed by atoms with Crippen molar-refractivity contribution in [3.05, 3.63) is 188 Å². The number of para-hydroxylation sites is 4. The molecular weight excluding hydrogens is 709 g/mol. The molecule has 0 unspecified atom stereocenters. The van der Waals surface area contributed by atoms with Crippen molar-refractivity contribution >= 4 is 75.3 Å². The van der Waals surface area contributed by atoms with Gasteiger partial charge in [0.15, 0.2) is 0 Å². The Morgan fingerprint density at radius 1 is 0.393 bits per heavy atom. The van der Waals surface area contributed by atoms with Gasteiger partial charge in [-0.2, -0.15) is 5.26 Å². The fraction of sp³-hybridized carbons (Fsp3) is 0. The molecule has 0 aliphatic rings. The SMILES string of the molecule is N#Cc1ccc(S(=O)(=O)c2ccc(-n3c4cc5c6ccccc6n(-c6ccccc6)c5cc4c4c3ccc3c5ccccc5n(-c5ccccc5)c34)cc2)cc1. The molecule has 0 fully saturated rings. The van der Waals surface area contributed by atoms with Crippen molar-refractivity contribution in [2.45, 2.75) is 9.79 Å². The number of sulfone groups is 1. The molecule has 3 heterocycles. The van der Waals surface area contributed by atoms with Crippen LogP contribution in [0.25, 0.3) is 82.5 Å². The summed E-state index contributed by atoms with van der Waals surface area (Å²) in [6, 6.07) is 62.4. The first-order chi connectivity index (χ1) is 27.5. The topological polar surface area (TPSA) is 72.7 Å². The van der Waals surface area contributed by atoms with Gasteiger partial charge in [-0.15, -0.1) is 0 Å². The van der Waals surface area contributed by atoms with E-state index in [0.29, 0.717) is 5.56 Å². The fourth-order valence-electron chi connectivity index (χ4n) is 8.62. The number of nitriles is 1. The molecule has 0 N–H and O–H groups in total. The summed E-state index contributed by atoms with van der Waals surface area (Å²) >= 11 is 0. The first-order valence-electron chi connectivity index (χ1n) is 18.4. The number of fused-ring (bicyclic) bond motifs is 10. The van der Waals surface area contributed by atoms with Crippen molar-refractivity contribution in [2.75, 3.05) is 0 Å². The van der Waals surface area contributed by atoms with Crippen LogP contribution in [0.4, 0.5) is 0 Å². The molecule has 11 aromatic rings. The summed E-state index contributed by atoms with van der Waals surface area (Å²) in [6.45, 7) is 0. The molecule has 7 heteroatoms. The Balaban J connectivity index is 1.27. The quantitative estimate of drug-likeness (QED) is 0.176.